The van der Waals surface area contributed by atoms with E-state index >= 15 is 0 Å². The highest BCUT2D eigenvalue weighted by Gasteiger charge is 2.35. The van der Waals surface area contributed by atoms with Crippen molar-refractivity contribution in [3.8, 4) is 0 Å². The molecule has 2 heterocycles. The Morgan fingerprint density at radius 2 is 1.71 bits per heavy atom. The zero-order valence-electron chi connectivity index (χ0n) is 20.1. The van der Waals surface area contributed by atoms with Gasteiger partial charge in [0.05, 0.1) is 29.7 Å². The van der Waals surface area contributed by atoms with E-state index in [4.69, 9.17) is 4.74 Å². The molecule has 0 aliphatic carbocycles. The fourth-order valence-electron chi connectivity index (χ4n) is 4.59. The fourth-order valence-corrected chi connectivity index (χ4v) is 6.47. The van der Waals surface area contributed by atoms with Gasteiger partial charge in [-0.3, -0.25) is 9.59 Å². The van der Waals surface area contributed by atoms with Gasteiger partial charge >= 0.3 is 5.97 Å². The van der Waals surface area contributed by atoms with E-state index in [0.29, 0.717) is 11.3 Å². The van der Waals surface area contributed by atoms with Crippen molar-refractivity contribution in [2.75, 3.05) is 12.4 Å². The summed E-state index contributed by atoms with van der Waals surface area (Å²) in [5, 5.41) is 2.70. The number of rotatable bonds is 7. The number of H-pyrrole nitrogens is 1. The van der Waals surface area contributed by atoms with Crippen LogP contribution in [0, 0.1) is 6.92 Å². The van der Waals surface area contributed by atoms with E-state index < -0.39 is 21.9 Å². The van der Waals surface area contributed by atoms with Gasteiger partial charge in [-0.05, 0) is 63.4 Å². The monoisotopic (exact) mass is 489 g/mol. The Morgan fingerprint density at radius 1 is 1.12 bits per heavy atom. The number of aromatic amines is 1. The fraction of sp³-hybridized carbons (Fsp3) is 0.458. The molecule has 1 aliphatic rings. The Bertz CT molecular complexity index is 1190. The third-order valence-corrected chi connectivity index (χ3v) is 8.38. The van der Waals surface area contributed by atoms with Crippen LogP contribution in [0.5, 0.6) is 0 Å². The maximum atomic E-state index is 13.2. The molecule has 1 aliphatic heterocycles. The lowest BCUT2D eigenvalue weighted by Gasteiger charge is -2.37. The molecule has 2 N–H and O–H groups in total. The molecule has 0 bridgehead atoms. The number of nitrogens with zero attached hydrogens (tertiary/aromatic N) is 1. The average Bonchev–Trinajstić information content (AvgIpc) is 3.09. The van der Waals surface area contributed by atoms with Crippen LogP contribution in [0.25, 0.3) is 0 Å². The number of piperidine rings is 1. The summed E-state index contributed by atoms with van der Waals surface area (Å²) in [5.74, 6) is -1.33. The molecule has 2 aromatic rings. The number of aromatic nitrogens is 1. The Balaban J connectivity index is 1.77. The lowest BCUT2D eigenvalue weighted by Crippen LogP contribution is -2.47. The summed E-state index contributed by atoms with van der Waals surface area (Å²) in [6, 6.07) is 5.89. The van der Waals surface area contributed by atoms with Crippen molar-refractivity contribution in [1.29, 1.82) is 0 Å². The highest BCUT2D eigenvalue weighted by molar-refractivity contribution is 7.89. The Morgan fingerprint density at radius 3 is 2.24 bits per heavy atom. The third-order valence-electron chi connectivity index (χ3n) is 6.23. The van der Waals surface area contributed by atoms with Crippen LogP contribution in [0.15, 0.2) is 29.2 Å². The average molecular weight is 490 g/mol. The highest BCUT2D eigenvalue weighted by atomic mass is 32.2. The van der Waals surface area contributed by atoms with Crippen molar-refractivity contribution in [3.05, 3.63) is 46.8 Å². The van der Waals surface area contributed by atoms with Crippen LogP contribution >= 0.6 is 0 Å². The lowest BCUT2D eigenvalue weighted by molar-refractivity contribution is -0.115. The molecular formula is C24H31N3O6S. The number of carbonyl (C=O) groups is 3. The predicted molar refractivity (Wildman–Crippen MR) is 127 cm³/mol. The van der Waals surface area contributed by atoms with Crippen LogP contribution in [0.3, 0.4) is 0 Å². The van der Waals surface area contributed by atoms with Gasteiger partial charge in [0.2, 0.25) is 15.9 Å². The minimum Gasteiger partial charge on any atom is -0.465 e. The van der Waals surface area contributed by atoms with Crippen molar-refractivity contribution in [2.45, 2.75) is 70.4 Å². The smallest absolute Gasteiger partial charge is 0.339 e. The van der Waals surface area contributed by atoms with E-state index in [-0.39, 0.29) is 46.1 Å². The SMILES string of the molecule is COC(=O)c1c(CC(=O)Nc2ccc(S(=O)(=O)N3[C@H](C)CCC[C@H]3C)cc2)[nH]c(C(C)=O)c1C. The molecule has 2 atom stereocenters. The standard InChI is InChI=1S/C24H31N3O6S/c1-14-7-6-8-15(2)27(14)34(31,32)19-11-9-18(10-12-19)25-21(29)13-20-22(24(30)33-5)16(3)23(26-20)17(4)28/h9-12,14-15,26H,6-8,13H2,1-5H3,(H,25,29)/t14-,15-/m1/s1. The van der Waals surface area contributed by atoms with Crippen LogP contribution < -0.4 is 5.32 Å². The quantitative estimate of drug-likeness (QED) is 0.453. The van der Waals surface area contributed by atoms with E-state index in [2.05, 4.69) is 10.3 Å². The first-order chi connectivity index (χ1) is 16.0. The molecule has 10 heteroatoms. The van der Waals surface area contributed by atoms with Gasteiger partial charge in [-0.15, -0.1) is 0 Å². The molecule has 9 nitrogen and oxygen atoms in total. The molecule has 1 fully saturated rings. The molecule has 0 radical (unpaired) electrons. The second-order valence-corrected chi connectivity index (χ2v) is 10.6. The molecule has 1 amide bonds. The number of carbonyl (C=O) groups excluding carboxylic acids is 3. The van der Waals surface area contributed by atoms with Crippen LogP contribution in [0.2, 0.25) is 0 Å². The minimum absolute atomic E-state index is 0.0683. The molecule has 3 rings (SSSR count). The van der Waals surface area contributed by atoms with Gasteiger partial charge in [-0.1, -0.05) is 6.42 Å². The molecule has 184 valence electrons. The van der Waals surface area contributed by atoms with Gasteiger partial charge in [0.1, 0.15) is 0 Å². The van der Waals surface area contributed by atoms with Crippen LogP contribution in [0.1, 0.15) is 72.1 Å². The van der Waals surface area contributed by atoms with Crippen molar-refractivity contribution in [3.63, 3.8) is 0 Å². The lowest BCUT2D eigenvalue weighted by atomic mass is 10.0. The summed E-state index contributed by atoms with van der Waals surface area (Å²) in [7, 11) is -2.42. The Labute approximate surface area is 199 Å². The number of Topliss-reactive ketones (excluding diaryl/α,β-unsaturated/α-hetero) is 1. The van der Waals surface area contributed by atoms with E-state index in [1.165, 1.54) is 38.3 Å². The summed E-state index contributed by atoms with van der Waals surface area (Å²) < 4.78 is 32.7. The van der Waals surface area contributed by atoms with E-state index in [1.807, 2.05) is 13.8 Å². The molecule has 0 spiro atoms. The number of nitrogens with one attached hydrogen (secondary N) is 2. The third kappa shape index (κ3) is 5.07. The van der Waals surface area contributed by atoms with E-state index in [0.717, 1.165) is 19.3 Å². The van der Waals surface area contributed by atoms with Gasteiger partial charge in [-0.25, -0.2) is 13.2 Å². The van der Waals surface area contributed by atoms with Gasteiger partial charge in [0, 0.05) is 30.4 Å². The van der Waals surface area contributed by atoms with Crippen molar-refractivity contribution < 1.29 is 27.5 Å². The topological polar surface area (TPSA) is 126 Å². The van der Waals surface area contributed by atoms with E-state index in [9.17, 15) is 22.8 Å². The molecular weight excluding hydrogens is 458 g/mol. The largest absolute Gasteiger partial charge is 0.465 e. The number of benzene rings is 1. The summed E-state index contributed by atoms with van der Waals surface area (Å²) in [6.45, 7) is 6.82. The predicted octanol–water partition coefficient (Wildman–Crippen LogP) is 3.45. The van der Waals surface area contributed by atoms with Crippen molar-refractivity contribution >= 4 is 33.4 Å². The van der Waals surface area contributed by atoms with Crippen LogP contribution in [0.4, 0.5) is 5.69 Å². The highest BCUT2D eigenvalue weighted by Crippen LogP contribution is 2.30. The van der Waals surface area contributed by atoms with Gasteiger partial charge in [0.25, 0.3) is 0 Å². The first-order valence-electron chi connectivity index (χ1n) is 11.2. The normalized spacial score (nSPS) is 19.0. The van der Waals surface area contributed by atoms with Gasteiger partial charge in [0.15, 0.2) is 5.78 Å². The summed E-state index contributed by atoms with van der Waals surface area (Å²) >= 11 is 0. The minimum atomic E-state index is -3.65. The van der Waals surface area contributed by atoms with Gasteiger partial charge in [-0.2, -0.15) is 4.31 Å². The zero-order valence-corrected chi connectivity index (χ0v) is 20.9. The molecule has 0 unspecified atom stereocenters. The molecule has 1 aromatic carbocycles. The second-order valence-electron chi connectivity index (χ2n) is 8.74. The van der Waals surface area contributed by atoms with Gasteiger partial charge < -0.3 is 15.0 Å². The number of amides is 1. The zero-order chi connectivity index (χ0) is 25.2. The number of ketones is 1. The van der Waals surface area contributed by atoms with Crippen LogP contribution in [-0.2, 0) is 26.0 Å². The summed E-state index contributed by atoms with van der Waals surface area (Å²) in [4.78, 5) is 39.7. The Hall–Kier alpha value is -2.98. The molecule has 0 saturated carbocycles. The molecule has 1 saturated heterocycles. The molecule has 34 heavy (non-hydrogen) atoms. The number of anilines is 1. The first-order valence-corrected chi connectivity index (χ1v) is 12.7. The first kappa shape index (κ1) is 25.6. The number of hydrogen-bond acceptors (Lipinski definition) is 6. The summed E-state index contributed by atoms with van der Waals surface area (Å²) in [6.07, 6.45) is 2.47. The second kappa shape index (κ2) is 10.1. The molecule has 1 aromatic heterocycles. The van der Waals surface area contributed by atoms with Crippen molar-refractivity contribution in [1.82, 2.24) is 9.29 Å². The number of esters is 1. The number of methoxy groups -OCH3 is 1. The number of sulfonamides is 1. The Kier molecular flexibility index (Phi) is 7.62. The van der Waals surface area contributed by atoms with E-state index in [1.54, 1.807) is 11.2 Å². The van der Waals surface area contributed by atoms with Crippen molar-refractivity contribution in [2.24, 2.45) is 0 Å². The number of hydrogen-bond donors (Lipinski definition) is 2. The van der Waals surface area contributed by atoms with Crippen LogP contribution in [-0.4, -0.2) is 54.6 Å². The number of ether oxygens (including phenoxy) is 1. The maximum Gasteiger partial charge on any atom is 0.339 e. The maximum absolute atomic E-state index is 13.2. The summed E-state index contributed by atoms with van der Waals surface area (Å²) in [5.41, 5.74) is 1.53.